The van der Waals surface area contributed by atoms with Gasteiger partial charge in [-0.2, -0.15) is 5.10 Å². The molecule has 0 unspecified atom stereocenters. The zero-order chi connectivity index (χ0) is 15.6. The number of benzene rings is 1. The molecule has 0 atom stereocenters. The Morgan fingerprint density at radius 1 is 1.57 bits per heavy atom. The Morgan fingerprint density at radius 2 is 2.29 bits per heavy atom. The Morgan fingerprint density at radius 3 is 2.81 bits per heavy atom. The van der Waals surface area contributed by atoms with Gasteiger partial charge >= 0.3 is 11.7 Å². The zero-order valence-electron chi connectivity index (χ0n) is 10.8. The molecule has 0 aliphatic rings. The number of methoxy groups -OCH3 is 1. The number of ether oxygens (including phenoxy) is 1. The van der Waals surface area contributed by atoms with Gasteiger partial charge in [-0.25, -0.2) is 9.18 Å². The first kappa shape index (κ1) is 14.4. The lowest BCUT2D eigenvalue weighted by molar-refractivity contribution is -0.385. The first-order valence-electron chi connectivity index (χ1n) is 5.70. The van der Waals surface area contributed by atoms with Gasteiger partial charge in [0.2, 0.25) is 5.69 Å². The number of rotatable bonds is 5. The van der Waals surface area contributed by atoms with Crippen LogP contribution in [0.15, 0.2) is 24.4 Å². The molecule has 0 radical (unpaired) electrons. The van der Waals surface area contributed by atoms with Gasteiger partial charge in [-0.1, -0.05) is 12.1 Å². The highest BCUT2D eigenvalue weighted by molar-refractivity contribution is 5.89. The summed E-state index contributed by atoms with van der Waals surface area (Å²) in [4.78, 5) is 20.8. The summed E-state index contributed by atoms with van der Waals surface area (Å²) < 4.78 is 19.8. The molecule has 21 heavy (non-hydrogen) atoms. The molecule has 9 heteroatoms. The highest BCUT2D eigenvalue weighted by Gasteiger charge is 2.25. The van der Waals surface area contributed by atoms with E-state index in [2.05, 4.69) is 5.10 Å². The quantitative estimate of drug-likeness (QED) is 0.664. The van der Waals surface area contributed by atoms with Crippen molar-refractivity contribution in [3.63, 3.8) is 0 Å². The van der Waals surface area contributed by atoms with E-state index in [1.54, 1.807) is 6.07 Å². The van der Waals surface area contributed by atoms with Crippen molar-refractivity contribution in [2.75, 3.05) is 7.11 Å². The summed E-state index contributed by atoms with van der Waals surface area (Å²) in [6, 6.07) is 4.42. The number of aromatic carboxylic acids is 1. The maximum absolute atomic E-state index is 14.0. The van der Waals surface area contributed by atoms with Gasteiger partial charge in [0.25, 0.3) is 0 Å². The summed E-state index contributed by atoms with van der Waals surface area (Å²) in [6.45, 7) is -0.156. The van der Waals surface area contributed by atoms with Gasteiger partial charge in [0.1, 0.15) is 6.20 Å². The first-order valence-corrected chi connectivity index (χ1v) is 5.70. The molecule has 0 saturated carbocycles. The van der Waals surface area contributed by atoms with Crippen molar-refractivity contribution in [2.45, 2.75) is 6.54 Å². The van der Waals surface area contributed by atoms with Crippen LogP contribution < -0.4 is 4.74 Å². The molecule has 0 saturated heterocycles. The van der Waals surface area contributed by atoms with Crippen molar-refractivity contribution >= 4 is 11.7 Å². The SMILES string of the molecule is COc1cccc(Cn2cc([N+](=O)[O-])c(C(=O)O)n2)c1F. The molecule has 0 aliphatic heterocycles. The van der Waals surface area contributed by atoms with Crippen LogP contribution in [0.4, 0.5) is 10.1 Å². The van der Waals surface area contributed by atoms with Crippen molar-refractivity contribution in [3.05, 3.63) is 51.6 Å². The normalized spacial score (nSPS) is 10.4. The van der Waals surface area contributed by atoms with E-state index in [0.29, 0.717) is 0 Å². The van der Waals surface area contributed by atoms with Crippen LogP contribution in [0, 0.1) is 15.9 Å². The minimum absolute atomic E-state index is 0.0209. The number of hydrogen-bond donors (Lipinski definition) is 1. The van der Waals surface area contributed by atoms with Crippen LogP contribution in [0.3, 0.4) is 0 Å². The van der Waals surface area contributed by atoms with Gasteiger partial charge in [-0.3, -0.25) is 14.8 Å². The van der Waals surface area contributed by atoms with Crippen LogP contribution in [0.2, 0.25) is 0 Å². The minimum Gasteiger partial charge on any atom is -0.494 e. The second-order valence-electron chi connectivity index (χ2n) is 4.06. The molecule has 110 valence electrons. The maximum Gasteiger partial charge on any atom is 0.363 e. The molecular formula is C12H10FN3O5. The second-order valence-corrected chi connectivity index (χ2v) is 4.06. The van der Waals surface area contributed by atoms with Crippen molar-refractivity contribution in [1.82, 2.24) is 9.78 Å². The fourth-order valence-electron chi connectivity index (χ4n) is 1.79. The van der Waals surface area contributed by atoms with Gasteiger partial charge < -0.3 is 9.84 Å². The van der Waals surface area contributed by atoms with Crippen LogP contribution >= 0.6 is 0 Å². The summed E-state index contributed by atoms with van der Waals surface area (Å²) >= 11 is 0. The van der Waals surface area contributed by atoms with Crippen LogP contribution in [0.25, 0.3) is 0 Å². The summed E-state index contributed by atoms with van der Waals surface area (Å²) in [6.07, 6.45) is 0.947. The maximum atomic E-state index is 14.0. The van der Waals surface area contributed by atoms with E-state index in [1.165, 1.54) is 19.2 Å². The Labute approximate surface area is 117 Å². The third kappa shape index (κ3) is 2.81. The number of carboxylic acids is 1. The van der Waals surface area contributed by atoms with E-state index >= 15 is 0 Å². The van der Waals surface area contributed by atoms with Gasteiger partial charge in [-0.05, 0) is 6.07 Å². The summed E-state index contributed by atoms with van der Waals surface area (Å²) in [5, 5.41) is 23.2. The zero-order valence-corrected chi connectivity index (χ0v) is 10.8. The lowest BCUT2D eigenvalue weighted by atomic mass is 10.2. The van der Waals surface area contributed by atoms with Crippen LogP contribution in [0.1, 0.15) is 16.1 Å². The summed E-state index contributed by atoms with van der Waals surface area (Å²) in [5.74, 6) is -2.13. The molecule has 1 aromatic heterocycles. The molecule has 1 heterocycles. The highest BCUT2D eigenvalue weighted by Crippen LogP contribution is 2.22. The van der Waals surface area contributed by atoms with Crippen molar-refractivity contribution in [1.29, 1.82) is 0 Å². The van der Waals surface area contributed by atoms with Crippen LogP contribution in [0.5, 0.6) is 5.75 Å². The smallest absolute Gasteiger partial charge is 0.363 e. The first-order chi connectivity index (χ1) is 9.93. The largest absolute Gasteiger partial charge is 0.494 e. The van der Waals surface area contributed by atoms with Gasteiger partial charge in [0, 0.05) is 5.56 Å². The van der Waals surface area contributed by atoms with Crippen LogP contribution in [-0.4, -0.2) is 32.9 Å². The van der Waals surface area contributed by atoms with Crippen LogP contribution in [-0.2, 0) is 6.54 Å². The van der Waals surface area contributed by atoms with Crippen molar-refractivity contribution in [2.24, 2.45) is 0 Å². The number of carbonyl (C=O) groups is 1. The van der Waals surface area contributed by atoms with E-state index in [9.17, 15) is 19.3 Å². The fourth-order valence-corrected chi connectivity index (χ4v) is 1.79. The third-order valence-corrected chi connectivity index (χ3v) is 2.74. The molecule has 2 rings (SSSR count). The molecule has 8 nitrogen and oxygen atoms in total. The topological polar surface area (TPSA) is 107 Å². The number of nitrogens with zero attached hydrogens (tertiary/aromatic N) is 3. The highest BCUT2D eigenvalue weighted by atomic mass is 19.1. The molecule has 0 amide bonds. The fraction of sp³-hybridized carbons (Fsp3) is 0.167. The van der Waals surface area contributed by atoms with Crippen molar-refractivity contribution in [3.8, 4) is 5.75 Å². The lowest BCUT2D eigenvalue weighted by Crippen LogP contribution is -2.06. The van der Waals surface area contributed by atoms with Gasteiger partial charge in [-0.15, -0.1) is 0 Å². The lowest BCUT2D eigenvalue weighted by Gasteiger charge is -2.07. The standard InChI is InChI=1S/C12H10FN3O5/c1-21-9-4-2-3-7(10(9)13)5-15-6-8(16(19)20)11(14-15)12(17)18/h2-4,6H,5H2,1H3,(H,17,18). The average Bonchev–Trinajstić information content (AvgIpc) is 2.85. The molecule has 1 aromatic carbocycles. The summed E-state index contributed by atoms with van der Waals surface area (Å²) in [7, 11) is 1.31. The van der Waals surface area contributed by atoms with Gasteiger partial charge in [0.15, 0.2) is 11.6 Å². The van der Waals surface area contributed by atoms with E-state index in [4.69, 9.17) is 9.84 Å². The van der Waals surface area contributed by atoms with E-state index in [1.807, 2.05) is 0 Å². The second kappa shape index (κ2) is 5.57. The summed E-state index contributed by atoms with van der Waals surface area (Å²) in [5.41, 5.74) is -1.17. The Hall–Kier alpha value is -2.97. The molecule has 2 aromatic rings. The van der Waals surface area contributed by atoms with Crippen molar-refractivity contribution < 1.29 is 24.0 Å². The molecule has 1 N–H and O–H groups in total. The monoisotopic (exact) mass is 295 g/mol. The minimum atomic E-state index is -1.52. The van der Waals surface area contributed by atoms with E-state index in [-0.39, 0.29) is 17.9 Å². The molecule has 0 fully saturated rings. The predicted octanol–water partition coefficient (Wildman–Crippen LogP) is 1.69. The molecule has 0 spiro atoms. The van der Waals surface area contributed by atoms with E-state index in [0.717, 1.165) is 10.9 Å². The van der Waals surface area contributed by atoms with E-state index < -0.39 is 28.1 Å². The Balaban J connectivity index is 2.39. The number of nitro groups is 1. The van der Waals surface area contributed by atoms with Gasteiger partial charge in [0.05, 0.1) is 18.6 Å². The third-order valence-electron chi connectivity index (χ3n) is 2.74. The Bertz CT molecular complexity index is 681. The number of carboxylic acid groups (broad SMARTS) is 1. The number of hydrogen-bond acceptors (Lipinski definition) is 5. The average molecular weight is 295 g/mol. The molecular weight excluding hydrogens is 285 g/mol. The molecule has 0 bridgehead atoms. The number of aromatic nitrogens is 2. The molecule has 0 aliphatic carbocycles. The number of halogens is 1. The Kier molecular flexibility index (Phi) is 3.83. The predicted molar refractivity (Wildman–Crippen MR) is 67.9 cm³/mol.